The van der Waals surface area contributed by atoms with Crippen LogP contribution in [0, 0.1) is 5.92 Å². The van der Waals surface area contributed by atoms with Gasteiger partial charge < -0.3 is 15.2 Å². The molecule has 0 unspecified atom stereocenters. The summed E-state index contributed by atoms with van der Waals surface area (Å²) in [6.07, 6.45) is 2.88. The molecule has 2 heterocycles. The fraction of sp³-hybridized carbons (Fsp3) is 0.333. The number of ketones is 1. The van der Waals surface area contributed by atoms with Crippen molar-refractivity contribution in [3.8, 4) is 5.75 Å². The lowest BCUT2D eigenvalue weighted by Gasteiger charge is -2.16. The van der Waals surface area contributed by atoms with Crippen LogP contribution in [0.5, 0.6) is 5.75 Å². The Hall–Kier alpha value is -3.22. The molecule has 0 spiro atoms. The van der Waals surface area contributed by atoms with E-state index in [-0.39, 0.29) is 23.0 Å². The molecule has 1 fully saturated rings. The van der Waals surface area contributed by atoms with Crippen LogP contribution < -0.4 is 10.1 Å². The van der Waals surface area contributed by atoms with Crippen molar-refractivity contribution in [3.63, 3.8) is 0 Å². The molecular weight excluding hydrogens is 358 g/mol. The predicted molar refractivity (Wildman–Crippen MR) is 105 cm³/mol. The number of pyridine rings is 1. The SMILES string of the molecule is COc1c(Nc2cc(CC(=O)C3CC3)nc3c2N=C(C)C3)cccc1C(=O)O. The Labute approximate surface area is 162 Å². The van der Waals surface area contributed by atoms with Crippen molar-refractivity contribution in [2.24, 2.45) is 10.9 Å². The average Bonchev–Trinajstić information content (AvgIpc) is 3.43. The number of aliphatic imine (C=N–C) groups is 1. The van der Waals surface area contributed by atoms with E-state index in [1.165, 1.54) is 13.2 Å². The van der Waals surface area contributed by atoms with Crippen LogP contribution in [0.15, 0.2) is 29.3 Å². The molecule has 28 heavy (non-hydrogen) atoms. The van der Waals surface area contributed by atoms with Crippen molar-refractivity contribution in [2.45, 2.75) is 32.6 Å². The third-order valence-electron chi connectivity index (χ3n) is 4.95. The summed E-state index contributed by atoms with van der Waals surface area (Å²) < 4.78 is 5.34. The van der Waals surface area contributed by atoms with Crippen LogP contribution in [0.1, 0.15) is 41.5 Å². The van der Waals surface area contributed by atoms with Crippen LogP contribution in [0.3, 0.4) is 0 Å². The summed E-state index contributed by atoms with van der Waals surface area (Å²) in [6, 6.07) is 6.72. The smallest absolute Gasteiger partial charge is 0.339 e. The largest absolute Gasteiger partial charge is 0.494 e. The summed E-state index contributed by atoms with van der Waals surface area (Å²) >= 11 is 0. The maximum atomic E-state index is 12.3. The third kappa shape index (κ3) is 3.47. The number of methoxy groups -OCH3 is 1. The number of hydrogen-bond acceptors (Lipinski definition) is 6. The van der Waals surface area contributed by atoms with Gasteiger partial charge in [0, 0.05) is 24.5 Å². The Balaban J connectivity index is 1.73. The van der Waals surface area contributed by atoms with Gasteiger partial charge in [0.25, 0.3) is 0 Å². The zero-order chi connectivity index (χ0) is 19.8. The third-order valence-corrected chi connectivity index (χ3v) is 4.95. The van der Waals surface area contributed by atoms with Gasteiger partial charge in [-0.3, -0.25) is 14.8 Å². The first-order valence-corrected chi connectivity index (χ1v) is 9.23. The Morgan fingerprint density at radius 1 is 1.29 bits per heavy atom. The van der Waals surface area contributed by atoms with Gasteiger partial charge in [0.2, 0.25) is 0 Å². The molecule has 7 nitrogen and oxygen atoms in total. The van der Waals surface area contributed by atoms with Crippen molar-refractivity contribution >= 4 is 34.5 Å². The molecule has 1 aliphatic carbocycles. The van der Waals surface area contributed by atoms with Crippen molar-refractivity contribution in [2.75, 3.05) is 12.4 Å². The number of carbonyl (C=O) groups is 2. The molecule has 0 saturated heterocycles. The van der Waals surface area contributed by atoms with E-state index in [4.69, 9.17) is 4.74 Å². The molecular formula is C21H21N3O4. The minimum atomic E-state index is -1.06. The van der Waals surface area contributed by atoms with E-state index >= 15 is 0 Å². The van der Waals surface area contributed by atoms with Crippen LogP contribution >= 0.6 is 0 Å². The number of ether oxygens (including phenoxy) is 1. The van der Waals surface area contributed by atoms with Crippen LogP contribution in [0.4, 0.5) is 17.1 Å². The number of nitrogens with one attached hydrogen (secondary N) is 1. The number of carbonyl (C=O) groups excluding carboxylic acids is 1. The zero-order valence-electron chi connectivity index (χ0n) is 15.8. The van der Waals surface area contributed by atoms with Gasteiger partial charge in [0.15, 0.2) is 5.75 Å². The highest BCUT2D eigenvalue weighted by molar-refractivity contribution is 5.97. The monoisotopic (exact) mass is 379 g/mol. The summed E-state index contributed by atoms with van der Waals surface area (Å²) in [5.41, 5.74) is 4.49. The lowest BCUT2D eigenvalue weighted by Crippen LogP contribution is -2.09. The second-order valence-electron chi connectivity index (χ2n) is 7.21. The first-order valence-electron chi connectivity index (χ1n) is 9.23. The van der Waals surface area contributed by atoms with Gasteiger partial charge in [0.1, 0.15) is 17.0 Å². The van der Waals surface area contributed by atoms with E-state index in [2.05, 4.69) is 15.3 Å². The number of Topliss-reactive ketones (excluding diaryl/α,β-unsaturated/α-hetero) is 1. The Morgan fingerprint density at radius 2 is 2.07 bits per heavy atom. The number of fused-ring (bicyclic) bond motifs is 1. The summed E-state index contributed by atoms with van der Waals surface area (Å²) in [7, 11) is 1.44. The standard InChI is InChI=1S/C21H21N3O4/c1-11-8-16-19(22-11)17(9-13(23-16)10-18(25)12-6-7-12)24-15-5-3-4-14(21(26)27)20(15)28-2/h3-5,9,12H,6-8,10H2,1-2H3,(H,23,24)(H,26,27). The highest BCUT2D eigenvalue weighted by Gasteiger charge is 2.30. The van der Waals surface area contributed by atoms with Crippen molar-refractivity contribution in [1.82, 2.24) is 4.98 Å². The number of carboxylic acid groups (broad SMARTS) is 1. The summed E-state index contributed by atoms with van der Waals surface area (Å²) in [4.78, 5) is 33.0. The van der Waals surface area contributed by atoms with Crippen LogP contribution in [0.25, 0.3) is 0 Å². The van der Waals surface area contributed by atoms with E-state index in [1.807, 2.05) is 13.0 Å². The molecule has 1 aliphatic heterocycles. The first kappa shape index (κ1) is 18.2. The lowest BCUT2D eigenvalue weighted by atomic mass is 10.1. The zero-order valence-corrected chi connectivity index (χ0v) is 15.8. The number of anilines is 2. The number of rotatable bonds is 7. The van der Waals surface area contributed by atoms with E-state index in [1.54, 1.807) is 12.1 Å². The topological polar surface area (TPSA) is 101 Å². The second-order valence-corrected chi connectivity index (χ2v) is 7.21. The molecule has 2 aliphatic rings. The quantitative estimate of drug-likeness (QED) is 0.761. The Kier molecular flexibility index (Phi) is 4.58. The van der Waals surface area contributed by atoms with Crippen molar-refractivity contribution in [3.05, 3.63) is 41.2 Å². The van der Waals surface area contributed by atoms with Crippen LogP contribution in [0.2, 0.25) is 0 Å². The van der Waals surface area contributed by atoms with Crippen LogP contribution in [-0.4, -0.2) is 34.7 Å². The van der Waals surface area contributed by atoms with Crippen LogP contribution in [-0.2, 0) is 17.6 Å². The summed E-state index contributed by atoms with van der Waals surface area (Å²) in [5.74, 6) is -0.420. The molecule has 7 heteroatoms. The lowest BCUT2D eigenvalue weighted by molar-refractivity contribution is -0.119. The van der Waals surface area contributed by atoms with E-state index in [9.17, 15) is 14.7 Å². The summed E-state index contributed by atoms with van der Waals surface area (Å²) in [5, 5.41) is 12.7. The maximum absolute atomic E-state index is 12.3. The predicted octanol–water partition coefficient (Wildman–Crippen LogP) is 3.70. The van der Waals surface area contributed by atoms with E-state index < -0.39 is 5.97 Å². The molecule has 4 rings (SSSR count). The van der Waals surface area contributed by atoms with Crippen molar-refractivity contribution in [1.29, 1.82) is 0 Å². The molecule has 0 radical (unpaired) electrons. The van der Waals surface area contributed by atoms with E-state index in [0.29, 0.717) is 29.9 Å². The highest BCUT2D eigenvalue weighted by Crippen LogP contribution is 2.39. The molecule has 1 saturated carbocycles. The number of hydrogen-bond donors (Lipinski definition) is 2. The van der Waals surface area contributed by atoms with Gasteiger partial charge in [-0.25, -0.2) is 4.79 Å². The second kappa shape index (κ2) is 7.07. The van der Waals surface area contributed by atoms with Gasteiger partial charge in [-0.1, -0.05) is 6.07 Å². The molecule has 2 aromatic rings. The van der Waals surface area contributed by atoms with Gasteiger partial charge in [-0.15, -0.1) is 0 Å². The number of carboxylic acids is 1. The molecule has 0 atom stereocenters. The normalized spacial score (nSPS) is 15.0. The van der Waals surface area contributed by atoms with Crippen molar-refractivity contribution < 1.29 is 19.4 Å². The number of aromatic nitrogens is 1. The Morgan fingerprint density at radius 3 is 2.75 bits per heavy atom. The molecule has 0 amide bonds. The highest BCUT2D eigenvalue weighted by atomic mass is 16.5. The van der Waals surface area contributed by atoms with Gasteiger partial charge >= 0.3 is 5.97 Å². The minimum absolute atomic E-state index is 0.0713. The molecule has 2 N–H and O–H groups in total. The molecule has 0 bridgehead atoms. The number of para-hydroxylation sites is 1. The summed E-state index contributed by atoms with van der Waals surface area (Å²) in [6.45, 7) is 1.94. The minimum Gasteiger partial charge on any atom is -0.494 e. The molecule has 1 aromatic carbocycles. The first-order chi connectivity index (χ1) is 13.5. The Bertz CT molecular complexity index is 1010. The van der Waals surface area contributed by atoms with Gasteiger partial charge in [0.05, 0.1) is 29.9 Å². The van der Waals surface area contributed by atoms with Gasteiger partial charge in [-0.05, 0) is 38.0 Å². The van der Waals surface area contributed by atoms with E-state index in [0.717, 1.165) is 29.9 Å². The molecule has 1 aromatic heterocycles. The maximum Gasteiger partial charge on any atom is 0.339 e. The molecule has 144 valence electrons. The fourth-order valence-electron chi connectivity index (χ4n) is 3.45. The number of aromatic carboxylic acids is 1. The van der Waals surface area contributed by atoms with Gasteiger partial charge in [-0.2, -0.15) is 0 Å². The average molecular weight is 379 g/mol. The number of benzene rings is 1. The fourth-order valence-corrected chi connectivity index (χ4v) is 3.45. The number of nitrogens with zero attached hydrogens (tertiary/aromatic N) is 2.